The second-order valence-electron chi connectivity index (χ2n) is 2.64. The van der Waals surface area contributed by atoms with E-state index in [0.717, 1.165) is 5.52 Å². The van der Waals surface area contributed by atoms with Crippen molar-refractivity contribution >= 4 is 5.52 Å². The molecular weight excluding hydrogens is 141 g/mol. The predicted octanol–water partition coefficient (Wildman–Crippen LogP) is 2.39. The fourth-order valence-corrected chi connectivity index (χ4v) is 1.23. The van der Waals surface area contributed by atoms with Crippen LogP contribution in [0.1, 0.15) is 5.56 Å². The van der Waals surface area contributed by atoms with Gasteiger partial charge in [0.2, 0.25) is 0 Å². The van der Waals surface area contributed by atoms with E-state index < -0.39 is 0 Å². The number of nitrogens with zero attached hydrogens (tertiary/aromatic N) is 1. The fraction of sp³-hybridized carbons (Fsp3) is 0.111. The lowest BCUT2D eigenvalue weighted by Crippen LogP contribution is -1.83. The molecule has 0 radical (unpaired) electrons. The Morgan fingerprint density at radius 3 is 2.91 bits per heavy atom. The van der Waals surface area contributed by atoms with E-state index >= 15 is 0 Å². The van der Waals surface area contributed by atoms with Crippen molar-refractivity contribution in [2.24, 2.45) is 0 Å². The zero-order valence-electron chi connectivity index (χ0n) is 6.21. The first-order valence-electron chi connectivity index (χ1n) is 3.50. The number of hydrogen-bond acceptors (Lipinski definition) is 0. The summed E-state index contributed by atoms with van der Waals surface area (Å²) in [5, 5.41) is 0. The number of aromatic nitrogens is 1. The van der Waals surface area contributed by atoms with Crippen molar-refractivity contribution in [2.75, 3.05) is 0 Å². The smallest absolute Gasteiger partial charge is 0.139 e. The summed E-state index contributed by atoms with van der Waals surface area (Å²) in [6.07, 6.45) is 3.33. The third-order valence-corrected chi connectivity index (χ3v) is 1.83. The van der Waals surface area contributed by atoms with Gasteiger partial charge in [-0.2, -0.15) is 0 Å². The SMILES string of the molecule is Cc1ccn2cc(F)ccc12. The van der Waals surface area contributed by atoms with E-state index in [9.17, 15) is 4.39 Å². The first-order valence-corrected chi connectivity index (χ1v) is 3.50. The summed E-state index contributed by atoms with van der Waals surface area (Å²) in [7, 11) is 0. The van der Waals surface area contributed by atoms with E-state index in [-0.39, 0.29) is 5.82 Å². The molecule has 0 aromatic carbocycles. The van der Waals surface area contributed by atoms with Gasteiger partial charge in [-0.3, -0.25) is 0 Å². The van der Waals surface area contributed by atoms with Crippen molar-refractivity contribution in [3.8, 4) is 0 Å². The summed E-state index contributed by atoms with van der Waals surface area (Å²) in [5.41, 5.74) is 2.23. The summed E-state index contributed by atoms with van der Waals surface area (Å²) in [6, 6.07) is 5.22. The van der Waals surface area contributed by atoms with Crippen molar-refractivity contribution in [3.05, 3.63) is 42.0 Å². The average Bonchev–Trinajstić information content (AvgIpc) is 2.32. The molecule has 2 aromatic rings. The molecule has 0 aliphatic rings. The number of fused-ring (bicyclic) bond motifs is 1. The standard InChI is InChI=1S/C9H8FN/c1-7-4-5-11-6-8(10)2-3-9(7)11/h2-6H,1H3. The van der Waals surface area contributed by atoms with Gasteiger partial charge in [-0.1, -0.05) is 0 Å². The molecule has 0 unspecified atom stereocenters. The highest BCUT2D eigenvalue weighted by Gasteiger charge is 1.96. The van der Waals surface area contributed by atoms with Crippen LogP contribution in [-0.2, 0) is 0 Å². The van der Waals surface area contributed by atoms with Crippen molar-refractivity contribution in [3.63, 3.8) is 0 Å². The van der Waals surface area contributed by atoms with Gasteiger partial charge in [-0.15, -0.1) is 0 Å². The van der Waals surface area contributed by atoms with E-state index in [4.69, 9.17) is 0 Å². The molecule has 1 nitrogen and oxygen atoms in total. The highest BCUT2D eigenvalue weighted by Crippen LogP contribution is 2.11. The minimum absolute atomic E-state index is 0.201. The Bertz CT molecular complexity index is 389. The maximum absolute atomic E-state index is 12.6. The van der Waals surface area contributed by atoms with Crippen LogP contribution < -0.4 is 0 Å². The van der Waals surface area contributed by atoms with Gasteiger partial charge < -0.3 is 4.40 Å². The van der Waals surface area contributed by atoms with Gasteiger partial charge in [0.05, 0.1) is 0 Å². The van der Waals surface area contributed by atoms with Crippen LogP contribution >= 0.6 is 0 Å². The summed E-state index contributed by atoms with van der Waals surface area (Å²) < 4.78 is 14.4. The Labute approximate surface area is 64.1 Å². The minimum Gasteiger partial charge on any atom is -0.321 e. The molecule has 0 saturated carbocycles. The van der Waals surface area contributed by atoms with Crippen molar-refractivity contribution in [1.29, 1.82) is 0 Å². The molecule has 2 aromatic heterocycles. The van der Waals surface area contributed by atoms with Crippen LogP contribution in [0.2, 0.25) is 0 Å². The summed E-state index contributed by atoms with van der Waals surface area (Å²) in [4.78, 5) is 0. The molecule has 0 bridgehead atoms. The first-order chi connectivity index (χ1) is 5.27. The van der Waals surface area contributed by atoms with E-state index in [1.807, 2.05) is 19.2 Å². The summed E-state index contributed by atoms with van der Waals surface area (Å²) in [5.74, 6) is -0.201. The molecule has 0 atom stereocenters. The second-order valence-corrected chi connectivity index (χ2v) is 2.64. The third kappa shape index (κ3) is 0.909. The van der Waals surface area contributed by atoms with Crippen LogP contribution in [0.5, 0.6) is 0 Å². The molecule has 56 valence electrons. The van der Waals surface area contributed by atoms with Crippen LogP contribution in [0.3, 0.4) is 0 Å². The zero-order valence-corrected chi connectivity index (χ0v) is 6.21. The lowest BCUT2D eigenvalue weighted by molar-refractivity contribution is 0.619. The molecule has 2 rings (SSSR count). The molecule has 0 N–H and O–H groups in total. The molecule has 11 heavy (non-hydrogen) atoms. The lowest BCUT2D eigenvalue weighted by Gasteiger charge is -1.94. The molecule has 0 aliphatic heterocycles. The third-order valence-electron chi connectivity index (χ3n) is 1.83. The van der Waals surface area contributed by atoms with Crippen LogP contribution in [0.15, 0.2) is 30.6 Å². The van der Waals surface area contributed by atoms with Crippen LogP contribution in [0.25, 0.3) is 5.52 Å². The van der Waals surface area contributed by atoms with Crippen LogP contribution in [0.4, 0.5) is 4.39 Å². The summed E-state index contributed by atoms with van der Waals surface area (Å²) in [6.45, 7) is 2.01. The van der Waals surface area contributed by atoms with E-state index in [0.29, 0.717) is 0 Å². The Balaban J connectivity index is 2.86. The first kappa shape index (κ1) is 6.40. The van der Waals surface area contributed by atoms with Gasteiger partial charge in [0.15, 0.2) is 0 Å². The highest BCUT2D eigenvalue weighted by atomic mass is 19.1. The Morgan fingerprint density at radius 2 is 2.09 bits per heavy atom. The molecular formula is C9H8FN. The van der Waals surface area contributed by atoms with Gasteiger partial charge in [0.1, 0.15) is 5.82 Å². The maximum atomic E-state index is 12.6. The number of hydrogen-bond donors (Lipinski definition) is 0. The molecule has 2 heterocycles. The molecule has 0 fully saturated rings. The Hall–Kier alpha value is -1.31. The topological polar surface area (TPSA) is 4.41 Å². The van der Waals surface area contributed by atoms with Gasteiger partial charge in [-0.05, 0) is 30.7 Å². The van der Waals surface area contributed by atoms with Crippen LogP contribution in [-0.4, -0.2) is 4.40 Å². The van der Waals surface area contributed by atoms with Gasteiger partial charge >= 0.3 is 0 Å². The summed E-state index contributed by atoms with van der Waals surface area (Å²) >= 11 is 0. The van der Waals surface area contributed by atoms with E-state index in [2.05, 4.69) is 0 Å². The zero-order chi connectivity index (χ0) is 7.84. The lowest BCUT2D eigenvalue weighted by atomic mass is 10.3. The van der Waals surface area contributed by atoms with Crippen molar-refractivity contribution in [1.82, 2.24) is 4.40 Å². The average molecular weight is 149 g/mol. The molecule has 0 saturated heterocycles. The normalized spacial score (nSPS) is 10.7. The van der Waals surface area contributed by atoms with Gasteiger partial charge in [0, 0.05) is 17.9 Å². The molecule has 2 heteroatoms. The van der Waals surface area contributed by atoms with Gasteiger partial charge in [-0.25, -0.2) is 4.39 Å². The van der Waals surface area contributed by atoms with Crippen LogP contribution in [0, 0.1) is 12.7 Å². The second kappa shape index (κ2) is 2.09. The quantitative estimate of drug-likeness (QED) is 0.541. The fourth-order valence-electron chi connectivity index (χ4n) is 1.23. The molecule has 0 amide bonds. The predicted molar refractivity (Wildman–Crippen MR) is 42.1 cm³/mol. The van der Waals surface area contributed by atoms with Crippen molar-refractivity contribution < 1.29 is 4.39 Å². The van der Waals surface area contributed by atoms with Crippen molar-refractivity contribution in [2.45, 2.75) is 6.92 Å². The minimum atomic E-state index is -0.201. The number of aryl methyl sites for hydroxylation is 1. The highest BCUT2D eigenvalue weighted by molar-refractivity contribution is 5.54. The maximum Gasteiger partial charge on any atom is 0.139 e. The van der Waals surface area contributed by atoms with E-state index in [1.165, 1.54) is 17.8 Å². The Kier molecular flexibility index (Phi) is 1.22. The number of pyridine rings is 1. The largest absolute Gasteiger partial charge is 0.321 e. The number of halogens is 1. The number of rotatable bonds is 0. The monoisotopic (exact) mass is 149 g/mol. The Morgan fingerprint density at radius 1 is 1.27 bits per heavy atom. The molecule has 0 aliphatic carbocycles. The molecule has 0 spiro atoms. The van der Waals surface area contributed by atoms with Gasteiger partial charge in [0.25, 0.3) is 0 Å². The van der Waals surface area contributed by atoms with E-state index in [1.54, 1.807) is 10.5 Å².